The van der Waals surface area contributed by atoms with Crippen LogP contribution in [0.4, 0.5) is 18.0 Å². The van der Waals surface area contributed by atoms with E-state index in [-0.39, 0.29) is 62.8 Å². The van der Waals surface area contributed by atoms with Crippen molar-refractivity contribution >= 4 is 143 Å². The number of nitrogens with zero attached hydrogens (tertiary/aromatic N) is 3. The lowest BCUT2D eigenvalue weighted by Crippen LogP contribution is -2.65. The Kier molecular flexibility index (Phi) is 36.1. The number of urea groups is 1. The van der Waals surface area contributed by atoms with Gasteiger partial charge in [0.1, 0.15) is 93.6 Å². The van der Waals surface area contributed by atoms with Crippen LogP contribution in [0.3, 0.4) is 0 Å². The number of aromatic hydroxyl groups is 1. The van der Waals surface area contributed by atoms with Crippen LogP contribution in [0.2, 0.25) is 0 Å². The molecule has 1 saturated heterocycles. The van der Waals surface area contributed by atoms with Crippen molar-refractivity contribution < 1.29 is 114 Å². The predicted molar refractivity (Wildman–Crippen MR) is 501 cm³/mol. The first kappa shape index (κ1) is 106. The second kappa shape index (κ2) is 47.1. The third-order valence-corrected chi connectivity index (χ3v) is 25.7. The molecule has 1 aliphatic rings. The highest BCUT2D eigenvalue weighted by Gasteiger charge is 2.46. The number of likely N-dealkylation sites (tertiary alicyclic amines) is 1. The maximum Gasteiger partial charge on any atom is 0.416 e. The van der Waals surface area contributed by atoms with Crippen LogP contribution < -0.4 is 63.8 Å². The molecule has 39 nitrogen and oxygen atoms in total. The van der Waals surface area contributed by atoms with Gasteiger partial charge in [0.15, 0.2) is 0 Å². The number of aromatic nitrogens is 4. The van der Waals surface area contributed by atoms with Crippen LogP contribution in [0.25, 0.3) is 32.7 Å². The van der Waals surface area contributed by atoms with Gasteiger partial charge in [-0.25, -0.2) is 23.0 Å². The van der Waals surface area contributed by atoms with E-state index in [2.05, 4.69) is 83.7 Å². The number of hydrogen-bond acceptors (Lipinski definition) is 22. The number of aliphatic hydroxyl groups excluding tert-OH is 2. The Bertz CT molecular complexity index is 6030. The fourth-order valence-electron chi connectivity index (χ4n) is 16.2. The molecule has 1 fully saturated rings. The third kappa shape index (κ3) is 28.3. The van der Waals surface area contributed by atoms with Gasteiger partial charge in [-0.3, -0.25) is 67.6 Å². The standard InChI is InChI=1S/C94H115F3N18O21S2/c1-11-50(4)77(110-87(128)78(52(6)117)111-79(120)51(5)102-53(7)118)89(130)115-35-18-25-74(115)84(125)105-69(37-55-28-32-61(119)33-29-55)81(122)104-71(39-56-43-98-65-22-15-12-19-62(56)65)83(124)113-93(8,42-58-45-100-67-24-17-14-21-64(58)67)91(133)107-70(38-54-26-30-59(31-27-54)94(95,96)97)82(123)103-68(34-36-138(10,135)136)80(121)109-76(49(2)3)86(127)112-92(134)108-72(40-57-44-99-66-23-16-13-20-63(57)66)88(129)114(9)75(41-60-47-137-48-101-60)85(126)106-73(46-116)90(131)132/h12-17,19-24,26-33,43-45,47-52,68-78,98-100,116-117,119H,11,18,25,34-42,46H2,1-10H3,(H,102,118)(H,103,123)(H,104,122)(H,105,125)(H,106,126)(H,107,133)(H,109,121)(H,110,128)(H,111,120)(H,113,124)(H,131,132)(H2,108,112,127,134)/t50-,51-,52+,68-,69+,70-,71+,72-,73-,74-,75-,76-,77-,78+,93-/m0/s1. The number of likely N-dealkylation sites (N-methyl/N-ethyl adjacent to an activating group) is 1. The van der Waals surface area contributed by atoms with Gasteiger partial charge in [0.05, 0.1) is 35.2 Å². The summed E-state index contributed by atoms with van der Waals surface area (Å²) in [7, 11) is -2.89. The Morgan fingerprint density at radius 1 is 0.580 bits per heavy atom. The van der Waals surface area contributed by atoms with Crippen molar-refractivity contribution in [2.75, 3.05) is 32.2 Å². The Morgan fingerprint density at radius 3 is 1.61 bits per heavy atom. The number of rotatable bonds is 45. The smallest absolute Gasteiger partial charge is 0.416 e. The van der Waals surface area contributed by atoms with Gasteiger partial charge in [-0.2, -0.15) is 13.2 Å². The second-order valence-corrected chi connectivity index (χ2v) is 38.0. The SMILES string of the molecule is CC[C@H](C)[C@H](NC(=O)[C@H](NC(=O)[C@H](C)NC(C)=O)[C@@H](C)O)C(=O)N1CCC[C@H]1C(=O)N[C@H](Cc1ccc(O)cc1)C(=O)N[C@H](Cc1c[nH]c2ccccc12)C(=O)N[C@@](C)(Cc1c[nH]c2ccccc12)C(=O)N[C@@H](Cc1ccc(C(F)(F)F)cc1)C(=O)N[C@@H](CCS(C)(=O)=O)C(=O)N[C@H](C(=O)NC(=O)N[C@@H](Cc1c[nH]c2ccccc12)C(=O)N(C)[C@@H](Cc1cscn1)C(=O)N[C@@H](CO)C(=O)O)C(C)C. The first-order valence-electron chi connectivity index (χ1n) is 44.6. The molecule has 0 saturated carbocycles. The van der Waals surface area contributed by atoms with Crippen LogP contribution in [0, 0.1) is 11.8 Å². The minimum absolute atomic E-state index is 0.0278. The summed E-state index contributed by atoms with van der Waals surface area (Å²) in [6.07, 6.45) is -3.70. The fraction of sp³-hybridized carbons (Fsp3) is 0.426. The number of carbonyl (C=O) groups is 15. The van der Waals surface area contributed by atoms with E-state index in [1.165, 1.54) is 89.5 Å². The molecule has 1 aliphatic heterocycles. The number of aliphatic hydroxyl groups is 2. The van der Waals surface area contributed by atoms with Crippen molar-refractivity contribution in [3.05, 3.63) is 190 Å². The summed E-state index contributed by atoms with van der Waals surface area (Å²) in [4.78, 5) is 234. The van der Waals surface area contributed by atoms with Gasteiger partial charge >= 0.3 is 18.2 Å². The van der Waals surface area contributed by atoms with Crippen molar-refractivity contribution in [1.82, 2.24) is 93.5 Å². The topological polar surface area (TPSA) is 582 Å². The predicted octanol–water partition coefficient (Wildman–Crippen LogP) is 2.95. The number of imide groups is 1. The number of carboxylic acids is 1. The van der Waals surface area contributed by atoms with Crippen molar-refractivity contribution in [1.29, 1.82) is 0 Å². The molecular formula is C94H115F3N18O21S2. The molecule has 0 radical (unpaired) electrons. The molecule has 0 aliphatic carbocycles. The molecule has 5 aromatic carbocycles. The number of alkyl halides is 3. The zero-order valence-corrected chi connectivity index (χ0v) is 78.9. The number of amides is 15. The number of benzene rings is 5. The van der Waals surface area contributed by atoms with E-state index in [9.17, 15) is 85.2 Å². The molecule has 15 amide bonds. The van der Waals surface area contributed by atoms with E-state index in [0.29, 0.717) is 72.8 Å². The molecule has 5 heterocycles. The molecule has 19 N–H and O–H groups in total. The number of fused-ring (bicyclic) bond motifs is 3. The number of phenolic OH excluding ortho intramolecular Hbond substituents is 1. The number of sulfone groups is 1. The van der Waals surface area contributed by atoms with Gasteiger partial charge in [-0.15, -0.1) is 11.3 Å². The number of thiazole rings is 1. The minimum atomic E-state index is -4.88. The summed E-state index contributed by atoms with van der Waals surface area (Å²) in [6.45, 7) is 10.2. The van der Waals surface area contributed by atoms with Crippen LogP contribution in [0.5, 0.6) is 5.75 Å². The third-order valence-electron chi connectivity index (χ3n) is 24.1. The lowest BCUT2D eigenvalue weighted by Gasteiger charge is -2.34. The summed E-state index contributed by atoms with van der Waals surface area (Å²) < 4.78 is 69.2. The number of nitrogens with one attached hydrogen (secondary N) is 15. The molecule has 9 aromatic rings. The summed E-state index contributed by atoms with van der Waals surface area (Å²) in [5, 5.41) is 74.4. The summed E-state index contributed by atoms with van der Waals surface area (Å²) in [5.41, 5.74) is 1.55. The van der Waals surface area contributed by atoms with Crippen LogP contribution >= 0.6 is 11.3 Å². The quantitative estimate of drug-likeness (QED) is 0.0261. The number of carboxylic acid groups (broad SMARTS) is 1. The van der Waals surface area contributed by atoms with Gasteiger partial charge in [0.25, 0.3) is 5.91 Å². The number of aliphatic carboxylic acids is 1. The van der Waals surface area contributed by atoms with Gasteiger partial charge in [0.2, 0.25) is 70.9 Å². The van der Waals surface area contributed by atoms with E-state index in [4.69, 9.17) is 0 Å². The van der Waals surface area contributed by atoms with Crippen molar-refractivity contribution in [2.45, 2.75) is 210 Å². The average Bonchev–Trinajstić information content (AvgIpc) is 1.60. The maximum absolute atomic E-state index is 16.1. The Morgan fingerprint density at radius 2 is 1.09 bits per heavy atom. The maximum atomic E-state index is 16.1. The number of aromatic amines is 3. The lowest BCUT2D eigenvalue weighted by molar-refractivity contribution is -0.145. The van der Waals surface area contributed by atoms with E-state index in [1.807, 2.05) is 0 Å². The van der Waals surface area contributed by atoms with E-state index < -0.39 is 238 Å². The Hall–Kier alpha value is -14.1. The molecule has 0 bridgehead atoms. The number of para-hydroxylation sites is 3. The van der Waals surface area contributed by atoms with Crippen molar-refractivity contribution in [2.24, 2.45) is 11.8 Å². The molecule has 4 aromatic heterocycles. The Balaban J connectivity index is 0.956. The minimum Gasteiger partial charge on any atom is -0.508 e. The molecule has 0 unspecified atom stereocenters. The fourth-order valence-corrected chi connectivity index (χ4v) is 17.4. The van der Waals surface area contributed by atoms with E-state index in [0.717, 1.165) is 34.6 Å². The highest BCUT2D eigenvalue weighted by molar-refractivity contribution is 7.90. The highest BCUT2D eigenvalue weighted by Crippen LogP contribution is 2.32. The summed E-state index contributed by atoms with van der Waals surface area (Å²) >= 11 is 1.15. The first-order chi connectivity index (χ1) is 65.2. The molecule has 44 heteroatoms. The number of H-pyrrole nitrogens is 3. The van der Waals surface area contributed by atoms with E-state index >= 15 is 28.8 Å². The van der Waals surface area contributed by atoms with Crippen LogP contribution in [0.1, 0.15) is 120 Å². The average molecular weight is 1950 g/mol. The van der Waals surface area contributed by atoms with Gasteiger partial charge in [0, 0.05) is 122 Å². The number of hydrogen-bond donors (Lipinski definition) is 19. The molecular weight excluding hydrogens is 1840 g/mol. The molecule has 10 rings (SSSR count). The zero-order chi connectivity index (χ0) is 101. The van der Waals surface area contributed by atoms with Crippen molar-refractivity contribution in [3.63, 3.8) is 0 Å². The van der Waals surface area contributed by atoms with Crippen LogP contribution in [-0.2, 0) is 122 Å². The van der Waals surface area contributed by atoms with Gasteiger partial charge in [-0.1, -0.05) is 113 Å². The molecule has 138 heavy (non-hydrogen) atoms. The summed E-state index contributed by atoms with van der Waals surface area (Å²) in [6, 6.07) is 8.50. The first-order valence-corrected chi connectivity index (χ1v) is 47.6. The largest absolute Gasteiger partial charge is 0.508 e. The normalized spacial score (nSPS) is 16.1. The van der Waals surface area contributed by atoms with Gasteiger partial charge in [-0.05, 0) is 122 Å². The lowest BCUT2D eigenvalue weighted by atomic mass is 9.89. The molecule has 15 atom stereocenters. The number of carbonyl (C=O) groups excluding carboxylic acids is 14. The molecule has 740 valence electrons. The molecule has 0 spiro atoms. The van der Waals surface area contributed by atoms with Crippen LogP contribution in [0.15, 0.2) is 151 Å². The Labute approximate surface area is 795 Å². The van der Waals surface area contributed by atoms with Crippen molar-refractivity contribution in [3.8, 4) is 5.75 Å². The highest BCUT2D eigenvalue weighted by atomic mass is 32.2. The summed E-state index contributed by atoms with van der Waals surface area (Å²) in [5.74, 6) is -17.3. The van der Waals surface area contributed by atoms with E-state index in [1.54, 1.807) is 104 Å². The van der Waals surface area contributed by atoms with Gasteiger partial charge < -0.3 is 104 Å². The second-order valence-electron chi connectivity index (χ2n) is 35.1. The van der Waals surface area contributed by atoms with Crippen LogP contribution in [-0.4, -0.2) is 264 Å². The number of halogens is 3. The zero-order valence-electron chi connectivity index (χ0n) is 77.3. The monoisotopic (exact) mass is 1950 g/mol. The number of phenols is 1.